The summed E-state index contributed by atoms with van der Waals surface area (Å²) in [5, 5.41) is 0.816. The third-order valence-corrected chi connectivity index (χ3v) is 3.75. The van der Waals surface area contributed by atoms with E-state index in [1.165, 1.54) is 43.9 Å². The van der Waals surface area contributed by atoms with E-state index in [1.807, 2.05) is 0 Å². The Morgan fingerprint density at radius 3 is 2.42 bits per heavy atom. The van der Waals surface area contributed by atoms with Crippen molar-refractivity contribution in [1.82, 2.24) is 0 Å². The molecule has 0 aromatic carbocycles. The molecule has 0 bridgehead atoms. The van der Waals surface area contributed by atoms with E-state index >= 15 is 0 Å². The number of hydrogen-bond acceptors (Lipinski definition) is 2. The highest BCUT2D eigenvalue weighted by Gasteiger charge is 2.21. The van der Waals surface area contributed by atoms with E-state index in [9.17, 15) is 4.79 Å². The molecule has 2 heteroatoms. The van der Waals surface area contributed by atoms with E-state index in [4.69, 9.17) is 0 Å². The lowest BCUT2D eigenvalue weighted by atomic mass is 9.87. The Bertz CT molecular complexity index is 150. The number of carbonyl (C=O) groups excluding carboxylic acids is 1. The fourth-order valence-corrected chi connectivity index (χ4v) is 2.95. The maximum atomic E-state index is 10.9. The number of rotatable bonds is 2. The van der Waals surface area contributed by atoms with Crippen molar-refractivity contribution in [3.63, 3.8) is 0 Å². The van der Waals surface area contributed by atoms with E-state index in [0.29, 0.717) is 5.25 Å². The van der Waals surface area contributed by atoms with Gasteiger partial charge in [0.15, 0.2) is 5.12 Å². The van der Waals surface area contributed by atoms with Crippen LogP contribution in [0.4, 0.5) is 0 Å². The van der Waals surface area contributed by atoms with Gasteiger partial charge in [-0.1, -0.05) is 37.9 Å². The molecule has 1 saturated carbocycles. The van der Waals surface area contributed by atoms with E-state index in [-0.39, 0.29) is 5.12 Å². The van der Waals surface area contributed by atoms with Gasteiger partial charge < -0.3 is 0 Å². The van der Waals surface area contributed by atoms with Gasteiger partial charge in [-0.25, -0.2) is 0 Å². The van der Waals surface area contributed by atoms with Gasteiger partial charge in [0.2, 0.25) is 0 Å². The summed E-state index contributed by atoms with van der Waals surface area (Å²) in [5.74, 6) is 0.799. The molecule has 1 rings (SSSR count). The third kappa shape index (κ3) is 3.18. The zero-order valence-electron chi connectivity index (χ0n) is 8.01. The minimum absolute atomic E-state index is 0.271. The third-order valence-electron chi connectivity index (χ3n) is 2.67. The second kappa shape index (κ2) is 4.90. The summed E-state index contributed by atoms with van der Waals surface area (Å²) in [7, 11) is 0. The molecule has 0 aromatic heterocycles. The number of hydrogen-bond donors (Lipinski definition) is 0. The van der Waals surface area contributed by atoms with E-state index in [0.717, 1.165) is 5.92 Å². The highest BCUT2D eigenvalue weighted by atomic mass is 32.2. The van der Waals surface area contributed by atoms with Gasteiger partial charge in [-0.15, -0.1) is 0 Å². The zero-order valence-corrected chi connectivity index (χ0v) is 8.82. The second-order valence-corrected chi connectivity index (χ2v) is 5.27. The van der Waals surface area contributed by atoms with Crippen LogP contribution in [0.25, 0.3) is 0 Å². The lowest BCUT2D eigenvalue weighted by Gasteiger charge is -2.26. The summed E-state index contributed by atoms with van der Waals surface area (Å²) in [4.78, 5) is 10.9. The van der Waals surface area contributed by atoms with Crippen LogP contribution in [-0.2, 0) is 4.79 Å². The van der Waals surface area contributed by atoms with E-state index < -0.39 is 0 Å². The van der Waals surface area contributed by atoms with Crippen molar-refractivity contribution in [3.05, 3.63) is 0 Å². The van der Waals surface area contributed by atoms with Gasteiger partial charge >= 0.3 is 0 Å². The Morgan fingerprint density at radius 1 is 1.33 bits per heavy atom. The predicted molar refractivity (Wildman–Crippen MR) is 54.3 cm³/mol. The molecular weight excluding hydrogens is 168 g/mol. The Balaban J connectivity index is 2.29. The van der Waals surface area contributed by atoms with Crippen LogP contribution in [0.2, 0.25) is 0 Å². The molecule has 0 radical (unpaired) electrons. The first-order valence-electron chi connectivity index (χ1n) is 4.87. The molecule has 70 valence electrons. The van der Waals surface area contributed by atoms with Crippen LogP contribution < -0.4 is 0 Å². The molecule has 12 heavy (non-hydrogen) atoms. The Hall–Kier alpha value is 0.0200. The van der Waals surface area contributed by atoms with Crippen LogP contribution in [0.15, 0.2) is 0 Å². The molecule has 0 aliphatic heterocycles. The standard InChI is InChI=1S/C10H18OS/c1-8(12-9(2)11)10-6-4-3-5-7-10/h8,10H,3-7H2,1-2H3. The predicted octanol–water partition coefficient (Wildman–Crippen LogP) is 3.23. The first kappa shape index (κ1) is 10.1. The van der Waals surface area contributed by atoms with Gasteiger partial charge in [0.05, 0.1) is 0 Å². The molecule has 1 aliphatic carbocycles. The maximum absolute atomic E-state index is 10.9. The van der Waals surface area contributed by atoms with Gasteiger partial charge in [-0.05, 0) is 18.8 Å². The van der Waals surface area contributed by atoms with Gasteiger partial charge in [0, 0.05) is 12.2 Å². The van der Waals surface area contributed by atoms with Crippen LogP contribution in [0.1, 0.15) is 46.0 Å². The molecule has 1 atom stereocenters. The molecule has 1 nitrogen and oxygen atoms in total. The van der Waals surface area contributed by atoms with Crippen molar-refractivity contribution in [3.8, 4) is 0 Å². The van der Waals surface area contributed by atoms with Crippen LogP contribution in [0.5, 0.6) is 0 Å². The molecule has 0 spiro atoms. The minimum Gasteiger partial charge on any atom is -0.288 e. The van der Waals surface area contributed by atoms with Crippen molar-refractivity contribution in [1.29, 1.82) is 0 Å². The molecule has 1 aliphatic rings. The minimum atomic E-state index is 0.271. The number of carbonyl (C=O) groups is 1. The lowest BCUT2D eigenvalue weighted by Crippen LogP contribution is -2.18. The smallest absolute Gasteiger partial charge is 0.186 e. The maximum Gasteiger partial charge on any atom is 0.186 e. The molecule has 0 saturated heterocycles. The summed E-state index contributed by atoms with van der Waals surface area (Å²) in [6.07, 6.45) is 6.80. The van der Waals surface area contributed by atoms with Gasteiger partial charge in [-0.2, -0.15) is 0 Å². The molecule has 0 heterocycles. The first-order valence-corrected chi connectivity index (χ1v) is 5.75. The summed E-state index contributed by atoms with van der Waals surface area (Å²) >= 11 is 1.52. The SMILES string of the molecule is CC(=O)SC(C)C1CCCCC1. The summed E-state index contributed by atoms with van der Waals surface area (Å²) in [6, 6.07) is 0. The Kier molecular flexibility index (Phi) is 4.13. The molecule has 0 aromatic rings. The summed E-state index contributed by atoms with van der Waals surface area (Å²) in [5.41, 5.74) is 0. The van der Waals surface area contributed by atoms with Gasteiger partial charge in [0.25, 0.3) is 0 Å². The molecule has 0 amide bonds. The van der Waals surface area contributed by atoms with Crippen LogP contribution >= 0.6 is 11.8 Å². The quantitative estimate of drug-likeness (QED) is 0.658. The average Bonchev–Trinajstić information content (AvgIpc) is 2.05. The highest BCUT2D eigenvalue weighted by Crippen LogP contribution is 2.32. The highest BCUT2D eigenvalue weighted by molar-refractivity contribution is 8.14. The molecule has 1 fully saturated rings. The van der Waals surface area contributed by atoms with E-state index in [2.05, 4.69) is 6.92 Å². The number of thioether (sulfide) groups is 1. The van der Waals surface area contributed by atoms with Crippen molar-refractivity contribution >= 4 is 16.9 Å². The van der Waals surface area contributed by atoms with Crippen LogP contribution in [0, 0.1) is 5.92 Å². The lowest BCUT2D eigenvalue weighted by molar-refractivity contribution is -0.109. The Morgan fingerprint density at radius 2 is 1.92 bits per heavy atom. The van der Waals surface area contributed by atoms with Gasteiger partial charge in [-0.3, -0.25) is 4.79 Å². The second-order valence-electron chi connectivity index (χ2n) is 3.71. The monoisotopic (exact) mass is 186 g/mol. The topological polar surface area (TPSA) is 17.1 Å². The summed E-state index contributed by atoms with van der Waals surface area (Å²) < 4.78 is 0. The zero-order chi connectivity index (χ0) is 8.97. The van der Waals surface area contributed by atoms with Crippen molar-refractivity contribution in [2.24, 2.45) is 5.92 Å². The fraction of sp³-hybridized carbons (Fsp3) is 0.900. The van der Waals surface area contributed by atoms with Crippen molar-refractivity contribution in [2.75, 3.05) is 0 Å². The molecule has 1 unspecified atom stereocenters. The van der Waals surface area contributed by atoms with Crippen molar-refractivity contribution < 1.29 is 4.79 Å². The largest absolute Gasteiger partial charge is 0.288 e. The normalized spacial score (nSPS) is 22.2. The van der Waals surface area contributed by atoms with Crippen molar-refractivity contribution in [2.45, 2.75) is 51.2 Å². The Labute approximate surface area is 79.3 Å². The average molecular weight is 186 g/mol. The molecular formula is C10H18OS. The van der Waals surface area contributed by atoms with Gasteiger partial charge in [0.1, 0.15) is 0 Å². The van der Waals surface area contributed by atoms with E-state index in [1.54, 1.807) is 6.92 Å². The van der Waals surface area contributed by atoms with Crippen LogP contribution in [-0.4, -0.2) is 10.4 Å². The summed E-state index contributed by atoms with van der Waals surface area (Å²) in [6.45, 7) is 3.87. The first-order chi connectivity index (χ1) is 5.70. The molecule has 0 N–H and O–H groups in total. The van der Waals surface area contributed by atoms with Crippen LogP contribution in [0.3, 0.4) is 0 Å². The fourth-order valence-electron chi connectivity index (χ4n) is 1.96.